The summed E-state index contributed by atoms with van der Waals surface area (Å²) in [4.78, 5) is 25.5. The Bertz CT molecular complexity index is 1450. The summed E-state index contributed by atoms with van der Waals surface area (Å²) < 4.78 is 23.5. The van der Waals surface area contributed by atoms with Gasteiger partial charge in [-0.3, -0.25) is 9.59 Å². The number of morpholine rings is 1. The number of carbonyl (C=O) groups is 2. The Morgan fingerprint density at radius 3 is 2.54 bits per heavy atom. The Labute approximate surface area is 239 Å². The van der Waals surface area contributed by atoms with Crippen LogP contribution in [0.1, 0.15) is 52.7 Å². The molecule has 8 heteroatoms. The third-order valence-corrected chi connectivity index (χ3v) is 8.28. The summed E-state index contributed by atoms with van der Waals surface area (Å²) in [6.45, 7) is 6.94. The molecule has 0 spiro atoms. The molecule has 3 aliphatic rings. The van der Waals surface area contributed by atoms with Gasteiger partial charge in [-0.25, -0.2) is 0 Å². The lowest BCUT2D eigenvalue weighted by atomic mass is 9.90. The summed E-state index contributed by atoms with van der Waals surface area (Å²) >= 11 is 0. The van der Waals surface area contributed by atoms with Gasteiger partial charge in [0.1, 0.15) is 23.4 Å². The molecule has 1 aliphatic carbocycles. The van der Waals surface area contributed by atoms with Gasteiger partial charge in [0.25, 0.3) is 5.91 Å². The highest BCUT2D eigenvalue weighted by Crippen LogP contribution is 2.44. The standard InChI is InChI=1S/C33H35NO7/c1-20-14-24(39-19-31(35)34-10-12-38-13-11-34)15-21(2)33(20)28-5-3-4-27-26(28)8-9-29(27)41-23-6-7-25-22(16-32(36)37)18-40-30(25)17-23/h3-7,14-15,17,22,29H,8-13,16,18-19H2,1-2H3,(H,36,37)/t22-,29-/m1/s1. The summed E-state index contributed by atoms with van der Waals surface area (Å²) in [5.41, 5.74) is 7.99. The van der Waals surface area contributed by atoms with E-state index in [1.165, 1.54) is 22.3 Å². The highest BCUT2D eigenvalue weighted by atomic mass is 16.5. The monoisotopic (exact) mass is 557 g/mol. The van der Waals surface area contributed by atoms with Crippen LogP contribution in [0.15, 0.2) is 48.5 Å². The number of nitrogens with zero attached hydrogens (tertiary/aromatic N) is 1. The highest BCUT2D eigenvalue weighted by Gasteiger charge is 2.30. The van der Waals surface area contributed by atoms with Crippen LogP contribution in [0.4, 0.5) is 0 Å². The number of aliphatic carboxylic acids is 1. The van der Waals surface area contributed by atoms with Crippen LogP contribution in [0.3, 0.4) is 0 Å². The zero-order valence-electron chi connectivity index (χ0n) is 23.5. The largest absolute Gasteiger partial charge is 0.492 e. The zero-order chi connectivity index (χ0) is 28.5. The summed E-state index contributed by atoms with van der Waals surface area (Å²) in [5, 5.41) is 9.17. The van der Waals surface area contributed by atoms with E-state index in [0.717, 1.165) is 35.3 Å². The number of fused-ring (bicyclic) bond motifs is 2. The number of ether oxygens (including phenoxy) is 4. The van der Waals surface area contributed by atoms with Crippen LogP contribution < -0.4 is 14.2 Å². The molecule has 8 nitrogen and oxygen atoms in total. The molecule has 0 bridgehead atoms. The van der Waals surface area contributed by atoms with E-state index in [1.807, 2.05) is 30.3 Å². The molecule has 1 fully saturated rings. The second-order valence-corrected chi connectivity index (χ2v) is 11.0. The van der Waals surface area contributed by atoms with Crippen molar-refractivity contribution in [1.29, 1.82) is 0 Å². The normalized spacial score (nSPS) is 19.3. The van der Waals surface area contributed by atoms with Crippen molar-refractivity contribution < 1.29 is 33.6 Å². The number of hydrogen-bond donors (Lipinski definition) is 1. The lowest BCUT2D eigenvalue weighted by molar-refractivity contribution is -0.138. The van der Waals surface area contributed by atoms with Gasteiger partial charge in [-0.2, -0.15) is 0 Å². The lowest BCUT2D eigenvalue weighted by Crippen LogP contribution is -2.42. The number of carboxylic acid groups (broad SMARTS) is 1. The van der Waals surface area contributed by atoms with Crippen LogP contribution in [-0.4, -0.2) is 61.4 Å². The summed E-state index contributed by atoms with van der Waals surface area (Å²) in [7, 11) is 0. The predicted molar refractivity (Wildman–Crippen MR) is 153 cm³/mol. The van der Waals surface area contributed by atoms with Crippen LogP contribution in [0, 0.1) is 13.8 Å². The van der Waals surface area contributed by atoms with E-state index in [4.69, 9.17) is 18.9 Å². The molecule has 0 radical (unpaired) electrons. The molecule has 2 heterocycles. The molecule has 3 aromatic rings. The average Bonchev–Trinajstić information content (AvgIpc) is 3.55. The molecule has 2 atom stereocenters. The molecule has 1 amide bonds. The average molecular weight is 558 g/mol. The highest BCUT2D eigenvalue weighted by molar-refractivity contribution is 5.79. The number of benzene rings is 3. The lowest BCUT2D eigenvalue weighted by Gasteiger charge is -2.26. The Morgan fingerprint density at radius 1 is 1.00 bits per heavy atom. The van der Waals surface area contributed by atoms with Crippen molar-refractivity contribution in [3.63, 3.8) is 0 Å². The van der Waals surface area contributed by atoms with E-state index in [0.29, 0.717) is 44.4 Å². The van der Waals surface area contributed by atoms with Crippen LogP contribution in [0.25, 0.3) is 11.1 Å². The number of hydrogen-bond acceptors (Lipinski definition) is 6. The summed E-state index contributed by atoms with van der Waals surface area (Å²) in [6, 6.07) is 16.2. The van der Waals surface area contributed by atoms with E-state index < -0.39 is 5.97 Å². The molecular formula is C33H35NO7. The van der Waals surface area contributed by atoms with E-state index in [-0.39, 0.29) is 31.0 Å². The Morgan fingerprint density at radius 2 is 1.78 bits per heavy atom. The number of amides is 1. The van der Waals surface area contributed by atoms with Gasteiger partial charge in [0, 0.05) is 30.6 Å². The van der Waals surface area contributed by atoms with Crippen molar-refractivity contribution in [2.75, 3.05) is 39.5 Å². The van der Waals surface area contributed by atoms with E-state index in [2.05, 4.69) is 32.0 Å². The number of aryl methyl sites for hydroxylation is 2. The molecule has 41 heavy (non-hydrogen) atoms. The van der Waals surface area contributed by atoms with Gasteiger partial charge in [0.15, 0.2) is 6.61 Å². The molecule has 0 unspecified atom stereocenters. The fourth-order valence-electron chi connectivity index (χ4n) is 6.33. The first-order chi connectivity index (χ1) is 19.9. The van der Waals surface area contributed by atoms with Crippen molar-refractivity contribution in [1.82, 2.24) is 4.90 Å². The molecule has 2 aliphatic heterocycles. The first-order valence-corrected chi connectivity index (χ1v) is 14.2. The fourth-order valence-corrected chi connectivity index (χ4v) is 6.33. The Hall–Kier alpha value is -4.04. The fraction of sp³-hybridized carbons (Fsp3) is 0.394. The number of carbonyl (C=O) groups excluding carboxylic acids is 1. The van der Waals surface area contributed by atoms with Crippen LogP contribution in [0.2, 0.25) is 0 Å². The van der Waals surface area contributed by atoms with Gasteiger partial charge < -0.3 is 29.0 Å². The topological polar surface area (TPSA) is 94.5 Å². The van der Waals surface area contributed by atoms with Crippen molar-refractivity contribution in [3.8, 4) is 28.4 Å². The second-order valence-electron chi connectivity index (χ2n) is 11.0. The first-order valence-electron chi connectivity index (χ1n) is 14.2. The van der Waals surface area contributed by atoms with Gasteiger partial charge in [0.2, 0.25) is 0 Å². The quantitative estimate of drug-likeness (QED) is 0.406. The van der Waals surface area contributed by atoms with Crippen LogP contribution in [0.5, 0.6) is 17.2 Å². The number of rotatable bonds is 8. The van der Waals surface area contributed by atoms with Crippen molar-refractivity contribution in [3.05, 3.63) is 76.3 Å². The van der Waals surface area contributed by atoms with Gasteiger partial charge in [-0.1, -0.05) is 24.3 Å². The molecule has 0 saturated carbocycles. The molecule has 1 N–H and O–H groups in total. The maximum Gasteiger partial charge on any atom is 0.304 e. The minimum Gasteiger partial charge on any atom is -0.492 e. The molecule has 214 valence electrons. The third kappa shape index (κ3) is 5.61. The van der Waals surface area contributed by atoms with Gasteiger partial charge in [0.05, 0.1) is 26.2 Å². The van der Waals surface area contributed by atoms with Crippen molar-refractivity contribution in [2.24, 2.45) is 0 Å². The SMILES string of the molecule is Cc1cc(OCC(=O)N2CCOCC2)cc(C)c1-c1cccc2c1CC[C@H]2Oc1ccc2c(c1)OC[C@H]2CC(=O)O. The number of carboxylic acids is 1. The van der Waals surface area contributed by atoms with E-state index in [9.17, 15) is 14.7 Å². The second kappa shape index (κ2) is 11.4. The molecule has 1 saturated heterocycles. The van der Waals surface area contributed by atoms with Crippen molar-refractivity contribution in [2.45, 2.75) is 45.1 Å². The molecule has 0 aromatic heterocycles. The van der Waals surface area contributed by atoms with Crippen LogP contribution >= 0.6 is 0 Å². The molecular weight excluding hydrogens is 522 g/mol. The Kier molecular flexibility index (Phi) is 7.58. The zero-order valence-corrected chi connectivity index (χ0v) is 23.5. The van der Waals surface area contributed by atoms with Crippen LogP contribution in [-0.2, 0) is 20.7 Å². The maximum atomic E-state index is 12.5. The minimum absolute atomic E-state index is 0.0189. The first kappa shape index (κ1) is 27.1. The Balaban J connectivity index is 1.18. The minimum atomic E-state index is -0.823. The molecule has 3 aromatic carbocycles. The van der Waals surface area contributed by atoms with Gasteiger partial charge in [-0.05, 0) is 78.3 Å². The molecule has 6 rings (SSSR count). The maximum absolute atomic E-state index is 12.5. The summed E-state index contributed by atoms with van der Waals surface area (Å²) in [6.07, 6.45) is 1.76. The van der Waals surface area contributed by atoms with E-state index >= 15 is 0 Å². The predicted octanol–water partition coefficient (Wildman–Crippen LogP) is 5.23. The van der Waals surface area contributed by atoms with E-state index in [1.54, 1.807) is 4.90 Å². The van der Waals surface area contributed by atoms with Gasteiger partial charge >= 0.3 is 5.97 Å². The van der Waals surface area contributed by atoms with Crippen molar-refractivity contribution >= 4 is 11.9 Å². The summed E-state index contributed by atoms with van der Waals surface area (Å²) in [5.74, 6) is 1.17. The third-order valence-electron chi connectivity index (χ3n) is 8.28. The van der Waals surface area contributed by atoms with Gasteiger partial charge in [-0.15, -0.1) is 0 Å². The smallest absolute Gasteiger partial charge is 0.304 e.